The molecule has 0 bridgehead atoms. The number of halogens is 1. The van der Waals surface area contributed by atoms with Crippen LogP contribution < -0.4 is 5.32 Å². The number of piperidine rings is 1. The molecule has 6 nitrogen and oxygen atoms in total. The van der Waals surface area contributed by atoms with E-state index in [9.17, 15) is 14.7 Å². The highest BCUT2D eigenvalue weighted by molar-refractivity contribution is 6.30. The van der Waals surface area contributed by atoms with Crippen LogP contribution in [0.15, 0.2) is 48.7 Å². The zero-order valence-corrected chi connectivity index (χ0v) is 19.9. The first-order valence-corrected chi connectivity index (χ1v) is 11.3. The Labute approximate surface area is 195 Å². The minimum atomic E-state index is -0.697. The van der Waals surface area contributed by atoms with Gasteiger partial charge in [0, 0.05) is 47.9 Å². The standard InChI is InChI=1S/C25H32ClN3O3/c1-23(2)16-29(13-12-25(23,17-30)20-11-10-19(26)15-27-20)21(31)14-24(3,4)28-22(32)18-8-6-5-7-9-18/h5-11,15,30H,12-14,16-17H2,1-4H3,(H,28,32)/t25-/m1/s1. The van der Waals surface area contributed by atoms with Gasteiger partial charge in [0.25, 0.3) is 5.91 Å². The molecule has 1 aromatic carbocycles. The van der Waals surface area contributed by atoms with E-state index in [4.69, 9.17) is 11.6 Å². The van der Waals surface area contributed by atoms with E-state index in [0.29, 0.717) is 30.1 Å². The van der Waals surface area contributed by atoms with E-state index in [1.165, 1.54) is 0 Å². The van der Waals surface area contributed by atoms with Gasteiger partial charge in [-0.05, 0) is 49.9 Å². The Bertz CT molecular complexity index is 960. The summed E-state index contributed by atoms with van der Waals surface area (Å²) in [7, 11) is 0. The summed E-state index contributed by atoms with van der Waals surface area (Å²) in [6.07, 6.45) is 2.38. The van der Waals surface area contributed by atoms with Crippen LogP contribution in [0.4, 0.5) is 0 Å². The van der Waals surface area contributed by atoms with Crippen molar-refractivity contribution in [3.8, 4) is 0 Å². The first kappa shape index (κ1) is 24.2. The van der Waals surface area contributed by atoms with Crippen molar-refractivity contribution in [3.63, 3.8) is 0 Å². The maximum atomic E-state index is 13.2. The molecule has 3 rings (SSSR count). The molecule has 2 amide bonds. The van der Waals surface area contributed by atoms with E-state index in [0.717, 1.165) is 5.69 Å². The zero-order chi connectivity index (χ0) is 23.6. The molecule has 0 radical (unpaired) electrons. The van der Waals surface area contributed by atoms with Gasteiger partial charge in [-0.1, -0.05) is 43.6 Å². The largest absolute Gasteiger partial charge is 0.395 e. The topological polar surface area (TPSA) is 82.5 Å². The van der Waals surface area contributed by atoms with Gasteiger partial charge < -0.3 is 15.3 Å². The Hall–Kier alpha value is -2.44. The number of nitrogens with one attached hydrogen (secondary N) is 1. The van der Waals surface area contributed by atoms with Gasteiger partial charge in [-0.3, -0.25) is 14.6 Å². The lowest BCUT2D eigenvalue weighted by molar-refractivity contribution is -0.138. The Kier molecular flexibility index (Phi) is 6.96. The third kappa shape index (κ3) is 4.97. The van der Waals surface area contributed by atoms with E-state index >= 15 is 0 Å². The number of carbonyl (C=O) groups is 2. The molecule has 1 fully saturated rings. The highest BCUT2D eigenvalue weighted by Gasteiger charge is 2.51. The van der Waals surface area contributed by atoms with Crippen molar-refractivity contribution in [3.05, 3.63) is 64.9 Å². The van der Waals surface area contributed by atoms with Crippen LogP contribution >= 0.6 is 11.6 Å². The highest BCUT2D eigenvalue weighted by Crippen LogP contribution is 2.47. The van der Waals surface area contributed by atoms with Crippen LogP contribution in [0, 0.1) is 5.41 Å². The van der Waals surface area contributed by atoms with E-state index in [1.54, 1.807) is 24.4 Å². The molecule has 2 heterocycles. The van der Waals surface area contributed by atoms with Crippen molar-refractivity contribution in [1.29, 1.82) is 0 Å². The summed E-state index contributed by atoms with van der Waals surface area (Å²) in [6.45, 7) is 8.76. The smallest absolute Gasteiger partial charge is 0.251 e. The van der Waals surface area contributed by atoms with Crippen molar-refractivity contribution in [1.82, 2.24) is 15.2 Å². The van der Waals surface area contributed by atoms with Gasteiger partial charge in [0.2, 0.25) is 5.91 Å². The fourth-order valence-electron chi connectivity index (χ4n) is 4.60. The predicted octanol–water partition coefficient (Wildman–Crippen LogP) is 3.82. The third-order valence-corrected chi connectivity index (χ3v) is 6.84. The molecule has 1 aromatic heterocycles. The lowest BCUT2D eigenvalue weighted by Gasteiger charge is -2.52. The summed E-state index contributed by atoms with van der Waals surface area (Å²) in [5.41, 5.74) is -0.316. The summed E-state index contributed by atoms with van der Waals surface area (Å²) < 4.78 is 0. The fraction of sp³-hybridized carbons (Fsp3) is 0.480. The number of hydrogen-bond donors (Lipinski definition) is 2. The average molecular weight is 458 g/mol. The number of amides is 2. The summed E-state index contributed by atoms with van der Waals surface area (Å²) >= 11 is 6.00. The first-order chi connectivity index (χ1) is 15.0. The summed E-state index contributed by atoms with van der Waals surface area (Å²) in [6, 6.07) is 12.6. The monoisotopic (exact) mass is 457 g/mol. The third-order valence-electron chi connectivity index (χ3n) is 6.61. The number of aliphatic hydroxyl groups is 1. The molecular weight excluding hydrogens is 426 g/mol. The fourth-order valence-corrected chi connectivity index (χ4v) is 4.71. The molecule has 7 heteroatoms. The number of benzene rings is 1. The minimum Gasteiger partial charge on any atom is -0.395 e. The van der Waals surface area contributed by atoms with Crippen LogP contribution in [-0.2, 0) is 10.2 Å². The SMILES string of the molecule is CC(C)(CC(=O)N1CC[C@@](CO)(c2ccc(Cl)cn2)C(C)(C)C1)NC(=O)c1ccccc1. The number of rotatable bonds is 6. The van der Waals surface area contributed by atoms with Gasteiger partial charge in [-0.25, -0.2) is 0 Å². The normalized spacial score (nSPS) is 20.6. The number of aromatic nitrogens is 1. The Morgan fingerprint density at radius 1 is 1.19 bits per heavy atom. The first-order valence-electron chi connectivity index (χ1n) is 10.9. The molecule has 0 unspecified atom stereocenters. The molecule has 1 atom stereocenters. The number of nitrogens with zero attached hydrogens (tertiary/aromatic N) is 2. The maximum Gasteiger partial charge on any atom is 0.251 e. The number of likely N-dealkylation sites (tertiary alicyclic amines) is 1. The Morgan fingerprint density at radius 3 is 2.44 bits per heavy atom. The molecule has 2 N–H and O–H groups in total. The summed E-state index contributed by atoms with van der Waals surface area (Å²) in [5, 5.41) is 13.9. The summed E-state index contributed by atoms with van der Waals surface area (Å²) in [5.74, 6) is -0.220. The van der Waals surface area contributed by atoms with E-state index < -0.39 is 16.4 Å². The number of pyridine rings is 1. The highest BCUT2D eigenvalue weighted by atomic mass is 35.5. The van der Waals surface area contributed by atoms with Crippen molar-refractivity contribution >= 4 is 23.4 Å². The van der Waals surface area contributed by atoms with Crippen molar-refractivity contribution in [2.45, 2.75) is 51.5 Å². The number of hydrogen-bond acceptors (Lipinski definition) is 4. The van der Waals surface area contributed by atoms with Crippen LogP contribution in [-0.4, -0.2) is 52.0 Å². The lowest BCUT2D eigenvalue weighted by Crippen LogP contribution is -2.59. The van der Waals surface area contributed by atoms with Crippen molar-refractivity contribution < 1.29 is 14.7 Å². The minimum absolute atomic E-state index is 0.0213. The van der Waals surface area contributed by atoms with Crippen molar-refractivity contribution in [2.24, 2.45) is 5.41 Å². The molecule has 0 spiro atoms. The molecule has 1 saturated heterocycles. The van der Waals surface area contributed by atoms with Gasteiger partial charge in [-0.15, -0.1) is 0 Å². The maximum absolute atomic E-state index is 13.2. The Balaban J connectivity index is 1.70. The van der Waals surface area contributed by atoms with E-state index in [2.05, 4.69) is 24.1 Å². The molecule has 1 aliphatic rings. The molecular formula is C25H32ClN3O3. The van der Waals surface area contributed by atoms with Gasteiger partial charge in [0.1, 0.15) is 0 Å². The molecule has 0 aliphatic carbocycles. The van der Waals surface area contributed by atoms with E-state index in [1.807, 2.05) is 43.0 Å². The zero-order valence-electron chi connectivity index (χ0n) is 19.2. The van der Waals surface area contributed by atoms with Crippen LogP contribution in [0.2, 0.25) is 5.02 Å². The Morgan fingerprint density at radius 2 is 1.88 bits per heavy atom. The molecule has 32 heavy (non-hydrogen) atoms. The van der Waals surface area contributed by atoms with Gasteiger partial charge in [-0.2, -0.15) is 0 Å². The molecule has 172 valence electrons. The van der Waals surface area contributed by atoms with Gasteiger partial charge in [0.05, 0.1) is 11.6 Å². The number of carbonyl (C=O) groups excluding carboxylic acids is 2. The molecule has 0 saturated carbocycles. The molecule has 1 aliphatic heterocycles. The average Bonchev–Trinajstić information content (AvgIpc) is 2.74. The van der Waals surface area contributed by atoms with Crippen molar-refractivity contribution in [2.75, 3.05) is 19.7 Å². The van der Waals surface area contributed by atoms with E-state index in [-0.39, 0.29) is 24.8 Å². The predicted molar refractivity (Wildman–Crippen MR) is 126 cm³/mol. The number of aliphatic hydroxyl groups excluding tert-OH is 1. The molecule has 2 aromatic rings. The van der Waals surface area contributed by atoms with Gasteiger partial charge >= 0.3 is 0 Å². The summed E-state index contributed by atoms with van der Waals surface area (Å²) in [4.78, 5) is 32.0. The quantitative estimate of drug-likeness (QED) is 0.690. The van der Waals surface area contributed by atoms with Crippen LogP contribution in [0.1, 0.15) is 56.6 Å². The second-order valence-corrected chi connectivity index (χ2v) is 10.4. The van der Waals surface area contributed by atoms with Crippen LogP contribution in [0.25, 0.3) is 0 Å². The second-order valence-electron chi connectivity index (χ2n) is 9.93. The van der Waals surface area contributed by atoms with Crippen LogP contribution in [0.3, 0.4) is 0 Å². The lowest BCUT2D eigenvalue weighted by atomic mass is 9.59. The van der Waals surface area contributed by atoms with Gasteiger partial charge in [0.15, 0.2) is 0 Å². The second kappa shape index (κ2) is 9.20. The van der Waals surface area contributed by atoms with Crippen LogP contribution in [0.5, 0.6) is 0 Å².